The van der Waals surface area contributed by atoms with E-state index in [1.807, 2.05) is 47.6 Å². The zero-order valence-corrected chi connectivity index (χ0v) is 16.9. The first kappa shape index (κ1) is 18.7. The van der Waals surface area contributed by atoms with Gasteiger partial charge in [0.2, 0.25) is 0 Å². The molecule has 2 aromatic heterocycles. The van der Waals surface area contributed by atoms with Crippen LogP contribution in [-0.4, -0.2) is 27.3 Å². The summed E-state index contributed by atoms with van der Waals surface area (Å²) in [7, 11) is 0. The molecule has 0 saturated carbocycles. The van der Waals surface area contributed by atoms with E-state index in [1.54, 1.807) is 29.3 Å². The van der Waals surface area contributed by atoms with Crippen molar-refractivity contribution in [3.05, 3.63) is 92.7 Å². The number of benzene rings is 1. The fraction of sp³-hybridized carbons (Fsp3) is 0.190. The highest BCUT2D eigenvalue weighted by atomic mass is 32.2. The van der Waals surface area contributed by atoms with E-state index in [9.17, 15) is 4.79 Å². The Balaban J connectivity index is 1.59. The minimum absolute atomic E-state index is 0.166. The molecular weight excluding hydrogens is 388 g/mol. The number of aromatic nitrogens is 2. The van der Waals surface area contributed by atoms with E-state index in [1.165, 1.54) is 10.4 Å². The van der Waals surface area contributed by atoms with Crippen molar-refractivity contribution in [2.45, 2.75) is 24.0 Å². The maximum absolute atomic E-state index is 12.7. The summed E-state index contributed by atoms with van der Waals surface area (Å²) in [6.45, 7) is 1.78. The van der Waals surface area contributed by atoms with Crippen LogP contribution in [0, 0.1) is 0 Å². The molecule has 0 radical (unpaired) electrons. The fourth-order valence-electron chi connectivity index (χ4n) is 2.89. The van der Waals surface area contributed by atoms with E-state index in [-0.39, 0.29) is 5.56 Å². The molecule has 0 amide bonds. The zero-order chi connectivity index (χ0) is 19.2. The van der Waals surface area contributed by atoms with Crippen molar-refractivity contribution in [1.82, 2.24) is 14.5 Å². The number of hydrogen-bond donors (Lipinski definition) is 0. The first-order valence-electron chi connectivity index (χ1n) is 8.98. The molecule has 3 aromatic rings. The summed E-state index contributed by atoms with van der Waals surface area (Å²) in [5.41, 5.74) is 1.73. The zero-order valence-electron chi connectivity index (χ0n) is 15.3. The second-order valence-electron chi connectivity index (χ2n) is 6.40. The lowest BCUT2D eigenvalue weighted by molar-refractivity contribution is 0.375. The van der Waals surface area contributed by atoms with Crippen LogP contribution in [-0.2, 0) is 18.8 Å². The number of rotatable bonds is 7. The third-order valence-corrected chi connectivity index (χ3v) is 6.19. The van der Waals surface area contributed by atoms with Crippen LogP contribution in [0.5, 0.6) is 0 Å². The predicted octanol–water partition coefficient (Wildman–Crippen LogP) is 4.00. The van der Waals surface area contributed by atoms with Crippen molar-refractivity contribution < 1.29 is 0 Å². The van der Waals surface area contributed by atoms with Crippen LogP contribution in [0.1, 0.15) is 16.0 Å². The highest BCUT2D eigenvalue weighted by molar-refractivity contribution is 7.98. The van der Waals surface area contributed by atoms with Gasteiger partial charge >= 0.3 is 0 Å². The maximum atomic E-state index is 12.7. The number of thiophene rings is 1. The van der Waals surface area contributed by atoms with Gasteiger partial charge in [0.1, 0.15) is 6.67 Å². The van der Waals surface area contributed by atoms with Crippen LogP contribution in [0.25, 0.3) is 0 Å². The van der Waals surface area contributed by atoms with Crippen molar-refractivity contribution in [2.24, 2.45) is 4.99 Å². The Hall–Kier alpha value is -2.64. The van der Waals surface area contributed by atoms with Gasteiger partial charge in [0.25, 0.3) is 5.56 Å². The van der Waals surface area contributed by atoms with E-state index in [2.05, 4.69) is 38.1 Å². The van der Waals surface area contributed by atoms with Crippen LogP contribution in [0.15, 0.2) is 81.3 Å². The molecule has 0 saturated heterocycles. The van der Waals surface area contributed by atoms with Crippen LogP contribution < -0.4 is 5.56 Å². The molecule has 5 nitrogen and oxygen atoms in total. The Morgan fingerprint density at radius 3 is 2.75 bits per heavy atom. The monoisotopic (exact) mass is 408 g/mol. The average Bonchev–Trinajstić information content (AvgIpc) is 3.24. The second kappa shape index (κ2) is 9.03. The van der Waals surface area contributed by atoms with E-state index in [0.29, 0.717) is 25.3 Å². The summed E-state index contributed by atoms with van der Waals surface area (Å²) in [4.78, 5) is 24.5. The second-order valence-corrected chi connectivity index (χ2v) is 8.37. The van der Waals surface area contributed by atoms with Crippen molar-refractivity contribution in [3.8, 4) is 0 Å². The molecule has 0 spiro atoms. The van der Waals surface area contributed by atoms with Crippen molar-refractivity contribution in [3.63, 3.8) is 0 Å². The third-order valence-electron chi connectivity index (χ3n) is 4.27. The Morgan fingerprint density at radius 1 is 1.11 bits per heavy atom. The minimum Gasteiger partial charge on any atom is -0.354 e. The average molecular weight is 409 g/mol. The lowest BCUT2D eigenvalue weighted by Gasteiger charge is -2.20. The topological polar surface area (TPSA) is 50.5 Å². The quantitative estimate of drug-likeness (QED) is 0.438. The Bertz CT molecular complexity index is 1030. The van der Waals surface area contributed by atoms with Gasteiger partial charge in [-0.3, -0.25) is 9.79 Å². The fourth-order valence-corrected chi connectivity index (χ4v) is 4.51. The van der Waals surface area contributed by atoms with Crippen LogP contribution in [0.3, 0.4) is 0 Å². The van der Waals surface area contributed by atoms with E-state index in [4.69, 9.17) is 0 Å². The molecule has 1 aromatic carbocycles. The van der Waals surface area contributed by atoms with Gasteiger partial charge in [-0.05, 0) is 23.1 Å². The van der Waals surface area contributed by atoms with Gasteiger partial charge in [-0.2, -0.15) is 4.98 Å². The summed E-state index contributed by atoms with van der Waals surface area (Å²) < 4.78 is 2.09. The summed E-state index contributed by atoms with van der Waals surface area (Å²) >= 11 is 3.31. The van der Waals surface area contributed by atoms with Crippen LogP contribution >= 0.6 is 23.1 Å². The Labute approximate surface area is 172 Å². The van der Waals surface area contributed by atoms with E-state index < -0.39 is 0 Å². The number of allylic oxidation sites excluding steroid dienone is 1. The number of thioether (sulfide) groups is 1. The molecule has 0 atom stereocenters. The highest BCUT2D eigenvalue weighted by Crippen LogP contribution is 2.22. The molecule has 1 aliphatic rings. The number of aliphatic imine (C=N–C) groups is 1. The maximum Gasteiger partial charge on any atom is 0.278 e. The predicted molar refractivity (Wildman–Crippen MR) is 116 cm³/mol. The largest absolute Gasteiger partial charge is 0.354 e. The van der Waals surface area contributed by atoms with Crippen molar-refractivity contribution in [1.29, 1.82) is 0 Å². The Morgan fingerprint density at radius 2 is 2.00 bits per heavy atom. The number of hydrogen-bond acceptors (Lipinski definition) is 6. The highest BCUT2D eigenvalue weighted by Gasteiger charge is 2.13. The summed E-state index contributed by atoms with van der Waals surface area (Å²) in [5.74, 6) is 0.778. The van der Waals surface area contributed by atoms with Crippen molar-refractivity contribution in [2.75, 3.05) is 6.67 Å². The van der Waals surface area contributed by atoms with Gasteiger partial charge in [-0.25, -0.2) is 0 Å². The summed E-state index contributed by atoms with van der Waals surface area (Å²) in [6.07, 6.45) is 7.56. The molecule has 0 aliphatic carbocycles. The van der Waals surface area contributed by atoms with Gasteiger partial charge in [-0.15, -0.1) is 11.3 Å². The van der Waals surface area contributed by atoms with Gasteiger partial charge in [0.05, 0.1) is 18.7 Å². The first-order chi connectivity index (χ1) is 13.8. The first-order valence-corrected chi connectivity index (χ1v) is 10.8. The smallest absolute Gasteiger partial charge is 0.278 e. The van der Waals surface area contributed by atoms with Crippen molar-refractivity contribution >= 4 is 29.3 Å². The third kappa shape index (κ3) is 4.79. The minimum atomic E-state index is -0.166. The molecule has 0 fully saturated rings. The molecule has 28 heavy (non-hydrogen) atoms. The molecule has 4 rings (SSSR count). The lowest BCUT2D eigenvalue weighted by atomic mass is 10.2. The SMILES string of the molecule is O=c1nc(SCc2ccccc2)n(Cc2cccs2)cc1CN1C=CC=NC1. The number of nitrogens with zero attached hydrogens (tertiary/aromatic N) is 4. The Kier molecular flexibility index (Phi) is 6.04. The van der Waals surface area contributed by atoms with Gasteiger partial charge < -0.3 is 9.47 Å². The van der Waals surface area contributed by atoms with Gasteiger partial charge in [-0.1, -0.05) is 48.2 Å². The van der Waals surface area contributed by atoms with E-state index >= 15 is 0 Å². The summed E-state index contributed by atoms with van der Waals surface area (Å²) in [5, 5.41) is 2.82. The van der Waals surface area contributed by atoms with Crippen LogP contribution in [0.2, 0.25) is 0 Å². The molecule has 0 bridgehead atoms. The normalized spacial score (nSPS) is 13.2. The van der Waals surface area contributed by atoms with Gasteiger partial charge in [0, 0.05) is 29.2 Å². The molecule has 0 unspecified atom stereocenters. The van der Waals surface area contributed by atoms with E-state index in [0.717, 1.165) is 10.9 Å². The van der Waals surface area contributed by atoms with Crippen LogP contribution in [0.4, 0.5) is 0 Å². The molecule has 7 heteroatoms. The lowest BCUT2D eigenvalue weighted by Crippen LogP contribution is -2.26. The summed E-state index contributed by atoms with van der Waals surface area (Å²) in [6, 6.07) is 14.4. The molecular formula is C21H20N4OS2. The molecule has 0 N–H and O–H groups in total. The van der Waals surface area contributed by atoms with Gasteiger partial charge in [0.15, 0.2) is 5.16 Å². The molecule has 142 valence electrons. The molecule has 3 heterocycles. The standard InChI is InChI=1S/C21H20N4OS2/c26-20-18(12-24-10-5-9-22-16-24)13-25(14-19-8-4-11-27-19)21(23-20)28-15-17-6-2-1-3-7-17/h1-11,13H,12,14-16H2. The molecule has 1 aliphatic heterocycles.